The fraction of sp³-hybridized carbons (Fsp3) is 0.133. The number of nitrogens with one attached hydrogen (secondary N) is 1. The number of rotatable bonds is 4. The lowest BCUT2D eigenvalue weighted by molar-refractivity contribution is 0.806. The van der Waals surface area contributed by atoms with Crippen LogP contribution in [0, 0.1) is 11.3 Å². The van der Waals surface area contributed by atoms with Crippen LogP contribution in [0.4, 0.5) is 5.69 Å². The molecular formula is C15H12Cl2N2. The van der Waals surface area contributed by atoms with Gasteiger partial charge in [-0.15, -0.1) is 0 Å². The Kier molecular flexibility index (Phi) is 4.68. The van der Waals surface area contributed by atoms with Gasteiger partial charge in [-0.2, -0.15) is 5.26 Å². The van der Waals surface area contributed by atoms with E-state index < -0.39 is 0 Å². The van der Waals surface area contributed by atoms with Crippen molar-refractivity contribution in [3.05, 3.63) is 64.1 Å². The van der Waals surface area contributed by atoms with Gasteiger partial charge in [0.15, 0.2) is 0 Å². The minimum atomic E-state index is -0.109. The highest BCUT2D eigenvalue weighted by Crippen LogP contribution is 2.30. The smallest absolute Gasteiger partial charge is 0.0647 e. The van der Waals surface area contributed by atoms with Crippen LogP contribution < -0.4 is 5.32 Å². The van der Waals surface area contributed by atoms with Crippen molar-refractivity contribution >= 4 is 28.9 Å². The summed E-state index contributed by atoms with van der Waals surface area (Å²) in [5, 5.41) is 13.4. The third-order valence-corrected chi connectivity index (χ3v) is 3.32. The molecule has 2 nitrogen and oxygen atoms in total. The SMILES string of the molecule is N#CCC(Nc1cc(Cl)ccc1Cl)c1ccccc1. The van der Waals surface area contributed by atoms with Gasteiger partial charge in [-0.05, 0) is 23.8 Å². The van der Waals surface area contributed by atoms with Gasteiger partial charge in [0, 0.05) is 5.02 Å². The molecule has 0 saturated heterocycles. The van der Waals surface area contributed by atoms with Gasteiger partial charge < -0.3 is 5.32 Å². The Morgan fingerprint density at radius 1 is 1.11 bits per heavy atom. The molecule has 2 rings (SSSR count). The third-order valence-electron chi connectivity index (χ3n) is 2.76. The van der Waals surface area contributed by atoms with E-state index in [4.69, 9.17) is 28.5 Å². The van der Waals surface area contributed by atoms with Crippen molar-refractivity contribution in [1.29, 1.82) is 5.26 Å². The van der Waals surface area contributed by atoms with E-state index in [1.807, 2.05) is 30.3 Å². The molecule has 19 heavy (non-hydrogen) atoms. The lowest BCUT2D eigenvalue weighted by atomic mass is 10.0. The number of hydrogen-bond acceptors (Lipinski definition) is 2. The van der Waals surface area contributed by atoms with Gasteiger partial charge in [-0.1, -0.05) is 53.5 Å². The third kappa shape index (κ3) is 3.64. The highest BCUT2D eigenvalue weighted by Gasteiger charge is 2.12. The lowest BCUT2D eigenvalue weighted by Crippen LogP contribution is -2.10. The number of nitriles is 1. The van der Waals surface area contributed by atoms with Crippen molar-refractivity contribution in [1.82, 2.24) is 0 Å². The molecule has 0 bridgehead atoms. The molecule has 0 spiro atoms. The van der Waals surface area contributed by atoms with E-state index in [-0.39, 0.29) is 6.04 Å². The van der Waals surface area contributed by atoms with Crippen LogP contribution in [0.15, 0.2) is 48.5 Å². The second-order valence-corrected chi connectivity index (χ2v) is 4.94. The van der Waals surface area contributed by atoms with Crippen LogP contribution in [-0.4, -0.2) is 0 Å². The topological polar surface area (TPSA) is 35.8 Å². The van der Waals surface area contributed by atoms with Crippen molar-refractivity contribution in [3.63, 3.8) is 0 Å². The van der Waals surface area contributed by atoms with Gasteiger partial charge in [0.25, 0.3) is 0 Å². The van der Waals surface area contributed by atoms with E-state index in [9.17, 15) is 0 Å². The van der Waals surface area contributed by atoms with Crippen molar-refractivity contribution in [2.75, 3.05) is 5.32 Å². The molecular weight excluding hydrogens is 279 g/mol. The summed E-state index contributed by atoms with van der Waals surface area (Å²) in [5.41, 5.74) is 1.78. The largest absolute Gasteiger partial charge is 0.376 e. The normalized spacial score (nSPS) is 11.6. The minimum absolute atomic E-state index is 0.109. The highest BCUT2D eigenvalue weighted by atomic mass is 35.5. The Balaban J connectivity index is 2.27. The monoisotopic (exact) mass is 290 g/mol. The van der Waals surface area contributed by atoms with Crippen LogP contribution >= 0.6 is 23.2 Å². The molecule has 0 aliphatic carbocycles. The molecule has 1 atom stereocenters. The summed E-state index contributed by atoms with van der Waals surface area (Å²) in [6.45, 7) is 0. The van der Waals surface area contributed by atoms with E-state index in [0.717, 1.165) is 11.3 Å². The fourth-order valence-electron chi connectivity index (χ4n) is 1.82. The van der Waals surface area contributed by atoms with Crippen LogP contribution in [0.25, 0.3) is 0 Å². The second-order valence-electron chi connectivity index (χ2n) is 4.09. The van der Waals surface area contributed by atoms with Crippen molar-refractivity contribution in [3.8, 4) is 6.07 Å². The Hall–Kier alpha value is -1.69. The summed E-state index contributed by atoms with van der Waals surface area (Å²) >= 11 is 12.1. The Morgan fingerprint density at radius 2 is 1.84 bits per heavy atom. The summed E-state index contributed by atoms with van der Waals surface area (Å²) < 4.78 is 0. The second kappa shape index (κ2) is 6.47. The van der Waals surface area contributed by atoms with E-state index in [0.29, 0.717) is 16.5 Å². The molecule has 0 amide bonds. The number of anilines is 1. The predicted octanol–water partition coefficient (Wildman–Crippen LogP) is 5.06. The molecule has 0 saturated carbocycles. The van der Waals surface area contributed by atoms with Gasteiger partial charge in [0.2, 0.25) is 0 Å². The van der Waals surface area contributed by atoms with E-state index >= 15 is 0 Å². The van der Waals surface area contributed by atoms with Crippen molar-refractivity contribution in [2.24, 2.45) is 0 Å². The van der Waals surface area contributed by atoms with Crippen LogP contribution in [0.2, 0.25) is 10.0 Å². The maximum absolute atomic E-state index is 8.95. The van der Waals surface area contributed by atoms with Gasteiger partial charge in [-0.3, -0.25) is 0 Å². The minimum Gasteiger partial charge on any atom is -0.376 e. The molecule has 0 heterocycles. The first-order valence-corrected chi connectivity index (χ1v) is 6.60. The molecule has 1 N–H and O–H groups in total. The summed E-state index contributed by atoms with van der Waals surface area (Å²) in [5.74, 6) is 0. The highest BCUT2D eigenvalue weighted by molar-refractivity contribution is 6.35. The average molecular weight is 291 g/mol. The molecule has 2 aromatic carbocycles. The Labute approximate surface area is 122 Å². The zero-order valence-electron chi connectivity index (χ0n) is 10.1. The van der Waals surface area contributed by atoms with E-state index in [1.54, 1.807) is 18.2 Å². The number of hydrogen-bond donors (Lipinski definition) is 1. The van der Waals surface area contributed by atoms with Crippen molar-refractivity contribution in [2.45, 2.75) is 12.5 Å². The van der Waals surface area contributed by atoms with Crippen LogP contribution in [0.3, 0.4) is 0 Å². The first-order chi connectivity index (χ1) is 9.20. The molecule has 1 unspecified atom stereocenters. The molecule has 0 fully saturated rings. The standard InChI is InChI=1S/C15H12Cl2N2/c16-12-6-7-13(17)15(10-12)19-14(8-9-18)11-4-2-1-3-5-11/h1-7,10,14,19H,8H2. The Bertz CT molecular complexity index is 591. The Morgan fingerprint density at radius 3 is 2.53 bits per heavy atom. The molecule has 0 aliphatic heterocycles. The summed E-state index contributed by atoms with van der Waals surface area (Å²) in [6.07, 6.45) is 0.354. The number of halogens is 2. The molecule has 0 aliphatic rings. The summed E-state index contributed by atoms with van der Waals surface area (Å²) in [4.78, 5) is 0. The van der Waals surface area contributed by atoms with Crippen LogP contribution in [0.1, 0.15) is 18.0 Å². The van der Waals surface area contributed by atoms with Gasteiger partial charge in [-0.25, -0.2) is 0 Å². The maximum atomic E-state index is 8.95. The van der Waals surface area contributed by atoms with Gasteiger partial charge in [0.05, 0.1) is 29.2 Å². The maximum Gasteiger partial charge on any atom is 0.0647 e. The van der Waals surface area contributed by atoms with Crippen LogP contribution in [-0.2, 0) is 0 Å². The zero-order valence-corrected chi connectivity index (χ0v) is 11.6. The first kappa shape index (κ1) is 13.7. The molecule has 0 radical (unpaired) electrons. The number of benzene rings is 2. The van der Waals surface area contributed by atoms with Crippen LogP contribution in [0.5, 0.6) is 0 Å². The summed E-state index contributed by atoms with van der Waals surface area (Å²) in [7, 11) is 0. The van der Waals surface area contributed by atoms with Gasteiger partial charge >= 0.3 is 0 Å². The fourth-order valence-corrected chi connectivity index (χ4v) is 2.17. The van der Waals surface area contributed by atoms with Gasteiger partial charge in [0.1, 0.15) is 0 Å². The molecule has 96 valence electrons. The van der Waals surface area contributed by atoms with E-state index in [2.05, 4.69) is 11.4 Å². The quantitative estimate of drug-likeness (QED) is 0.854. The molecule has 2 aromatic rings. The first-order valence-electron chi connectivity index (χ1n) is 5.84. The zero-order chi connectivity index (χ0) is 13.7. The number of nitrogens with zero attached hydrogens (tertiary/aromatic N) is 1. The average Bonchev–Trinajstić information content (AvgIpc) is 2.43. The predicted molar refractivity (Wildman–Crippen MR) is 79.5 cm³/mol. The van der Waals surface area contributed by atoms with Crippen molar-refractivity contribution < 1.29 is 0 Å². The lowest BCUT2D eigenvalue weighted by Gasteiger charge is -2.18. The summed E-state index contributed by atoms with van der Waals surface area (Å²) in [6, 6.07) is 17.1. The molecule has 4 heteroatoms. The molecule has 0 aromatic heterocycles. The van der Waals surface area contributed by atoms with E-state index in [1.165, 1.54) is 0 Å².